The molecule has 0 heterocycles. The summed E-state index contributed by atoms with van der Waals surface area (Å²) in [5, 5.41) is 11.7. The van der Waals surface area contributed by atoms with Crippen LogP contribution in [0.1, 0.15) is 39.0 Å². The molecule has 1 fully saturated rings. The third kappa shape index (κ3) is 1.72. The summed E-state index contributed by atoms with van der Waals surface area (Å²) < 4.78 is 0. The Labute approximate surface area is 61.9 Å². The van der Waals surface area contributed by atoms with Gasteiger partial charge in [-0.05, 0) is 19.8 Å². The van der Waals surface area contributed by atoms with Crippen molar-refractivity contribution in [2.75, 3.05) is 0 Å². The lowest BCUT2D eigenvalue weighted by Crippen LogP contribution is -2.14. The maximum absolute atomic E-state index is 8.47. The first-order chi connectivity index (χ1) is 4.84. The van der Waals surface area contributed by atoms with Crippen molar-refractivity contribution < 1.29 is 5.21 Å². The molecule has 1 aliphatic carbocycles. The van der Waals surface area contributed by atoms with Gasteiger partial charge in [-0.2, -0.15) is 0 Å². The highest BCUT2D eigenvalue weighted by Crippen LogP contribution is 2.24. The molecule has 0 bridgehead atoms. The van der Waals surface area contributed by atoms with E-state index in [4.69, 9.17) is 5.21 Å². The monoisotopic (exact) mass is 141 g/mol. The molecule has 0 aromatic carbocycles. The molecule has 1 saturated carbocycles. The minimum atomic E-state index is 0.568. The van der Waals surface area contributed by atoms with E-state index in [-0.39, 0.29) is 0 Å². The fraction of sp³-hybridized carbons (Fsp3) is 0.875. The standard InChI is InChI=1S/C8H15NO/c1-7(9-10)8-5-3-2-4-6-8/h8,10H,2-6H2,1H3. The van der Waals surface area contributed by atoms with Crippen molar-refractivity contribution in [2.24, 2.45) is 11.1 Å². The Morgan fingerprint density at radius 2 is 1.90 bits per heavy atom. The van der Waals surface area contributed by atoms with Crippen LogP contribution < -0.4 is 0 Å². The third-order valence-electron chi connectivity index (χ3n) is 2.35. The number of hydrogen-bond donors (Lipinski definition) is 1. The fourth-order valence-corrected chi connectivity index (χ4v) is 1.60. The summed E-state index contributed by atoms with van der Waals surface area (Å²) in [7, 11) is 0. The molecule has 0 spiro atoms. The van der Waals surface area contributed by atoms with E-state index in [9.17, 15) is 0 Å². The molecule has 0 aliphatic heterocycles. The molecule has 1 N–H and O–H groups in total. The first kappa shape index (κ1) is 7.58. The summed E-state index contributed by atoms with van der Waals surface area (Å²) in [5.41, 5.74) is 0.916. The Bertz CT molecular complexity index is 125. The predicted molar refractivity (Wildman–Crippen MR) is 41.5 cm³/mol. The Morgan fingerprint density at radius 1 is 1.30 bits per heavy atom. The van der Waals surface area contributed by atoms with Crippen LogP contribution in [-0.4, -0.2) is 10.9 Å². The average molecular weight is 141 g/mol. The molecule has 0 aromatic rings. The lowest BCUT2D eigenvalue weighted by Gasteiger charge is -2.19. The molecule has 1 aliphatic rings. The van der Waals surface area contributed by atoms with E-state index in [1.165, 1.54) is 32.1 Å². The van der Waals surface area contributed by atoms with Crippen LogP contribution in [-0.2, 0) is 0 Å². The van der Waals surface area contributed by atoms with Crippen LogP contribution in [0.5, 0.6) is 0 Å². The second kappa shape index (κ2) is 3.59. The van der Waals surface area contributed by atoms with Gasteiger partial charge in [-0.25, -0.2) is 0 Å². The Hall–Kier alpha value is -0.530. The van der Waals surface area contributed by atoms with Gasteiger partial charge >= 0.3 is 0 Å². The summed E-state index contributed by atoms with van der Waals surface area (Å²) in [4.78, 5) is 0. The highest BCUT2D eigenvalue weighted by atomic mass is 16.4. The molecule has 10 heavy (non-hydrogen) atoms. The van der Waals surface area contributed by atoms with Gasteiger partial charge in [-0.3, -0.25) is 0 Å². The van der Waals surface area contributed by atoms with Gasteiger partial charge in [0.05, 0.1) is 5.71 Å². The van der Waals surface area contributed by atoms with Gasteiger partial charge in [0.15, 0.2) is 0 Å². The summed E-state index contributed by atoms with van der Waals surface area (Å²) in [5.74, 6) is 0.568. The van der Waals surface area contributed by atoms with E-state index in [0.29, 0.717) is 5.92 Å². The van der Waals surface area contributed by atoms with Crippen LogP contribution in [0, 0.1) is 5.92 Å². The number of rotatable bonds is 1. The van der Waals surface area contributed by atoms with Crippen molar-refractivity contribution in [3.63, 3.8) is 0 Å². The summed E-state index contributed by atoms with van der Waals surface area (Å²) in [6.07, 6.45) is 6.40. The van der Waals surface area contributed by atoms with E-state index >= 15 is 0 Å². The van der Waals surface area contributed by atoms with Gasteiger partial charge in [0.2, 0.25) is 0 Å². The zero-order valence-electron chi connectivity index (χ0n) is 6.51. The van der Waals surface area contributed by atoms with Gasteiger partial charge in [0.1, 0.15) is 0 Å². The zero-order valence-corrected chi connectivity index (χ0v) is 6.51. The first-order valence-electron chi connectivity index (χ1n) is 4.03. The average Bonchev–Trinajstić information content (AvgIpc) is 2.05. The molecular weight excluding hydrogens is 126 g/mol. The van der Waals surface area contributed by atoms with Crippen LogP contribution in [0.4, 0.5) is 0 Å². The lowest BCUT2D eigenvalue weighted by molar-refractivity contribution is 0.309. The van der Waals surface area contributed by atoms with Crippen LogP contribution in [0.15, 0.2) is 5.16 Å². The second-order valence-electron chi connectivity index (χ2n) is 3.08. The van der Waals surface area contributed by atoms with Crippen LogP contribution in [0.2, 0.25) is 0 Å². The number of hydrogen-bond acceptors (Lipinski definition) is 2. The highest BCUT2D eigenvalue weighted by molar-refractivity contribution is 5.83. The Morgan fingerprint density at radius 3 is 2.40 bits per heavy atom. The van der Waals surface area contributed by atoms with E-state index in [1.807, 2.05) is 6.92 Å². The van der Waals surface area contributed by atoms with Crippen molar-refractivity contribution in [1.82, 2.24) is 0 Å². The van der Waals surface area contributed by atoms with Gasteiger partial charge in [0.25, 0.3) is 0 Å². The first-order valence-corrected chi connectivity index (χ1v) is 4.03. The summed E-state index contributed by atoms with van der Waals surface area (Å²) >= 11 is 0. The van der Waals surface area contributed by atoms with E-state index in [1.54, 1.807) is 0 Å². The van der Waals surface area contributed by atoms with E-state index in [2.05, 4.69) is 5.16 Å². The third-order valence-corrected chi connectivity index (χ3v) is 2.35. The molecule has 0 amide bonds. The fourth-order valence-electron chi connectivity index (χ4n) is 1.60. The quantitative estimate of drug-likeness (QED) is 0.339. The number of oxime groups is 1. The van der Waals surface area contributed by atoms with Gasteiger partial charge in [-0.15, -0.1) is 0 Å². The Balaban J connectivity index is 2.39. The zero-order chi connectivity index (χ0) is 7.40. The molecule has 58 valence electrons. The number of nitrogens with zero attached hydrogens (tertiary/aromatic N) is 1. The lowest BCUT2D eigenvalue weighted by atomic mass is 9.86. The summed E-state index contributed by atoms with van der Waals surface area (Å²) in [6, 6.07) is 0. The highest BCUT2D eigenvalue weighted by Gasteiger charge is 2.15. The van der Waals surface area contributed by atoms with Crippen molar-refractivity contribution in [3.05, 3.63) is 0 Å². The minimum Gasteiger partial charge on any atom is -0.411 e. The van der Waals surface area contributed by atoms with Gasteiger partial charge < -0.3 is 5.21 Å². The normalized spacial score (nSPS) is 23.1. The molecule has 0 saturated heterocycles. The van der Waals surface area contributed by atoms with Crippen molar-refractivity contribution in [1.29, 1.82) is 0 Å². The second-order valence-corrected chi connectivity index (χ2v) is 3.08. The SMILES string of the molecule is CC(=NO)C1CCCCC1. The van der Waals surface area contributed by atoms with Gasteiger partial charge in [0, 0.05) is 5.92 Å². The molecule has 2 nitrogen and oxygen atoms in total. The van der Waals surface area contributed by atoms with Crippen molar-refractivity contribution in [3.8, 4) is 0 Å². The van der Waals surface area contributed by atoms with Crippen molar-refractivity contribution >= 4 is 5.71 Å². The molecule has 0 unspecified atom stereocenters. The van der Waals surface area contributed by atoms with Crippen LogP contribution in [0.3, 0.4) is 0 Å². The maximum atomic E-state index is 8.47. The predicted octanol–water partition coefficient (Wildman–Crippen LogP) is 2.42. The van der Waals surface area contributed by atoms with E-state index in [0.717, 1.165) is 5.71 Å². The molecule has 1 rings (SSSR count). The van der Waals surface area contributed by atoms with E-state index < -0.39 is 0 Å². The minimum absolute atomic E-state index is 0.568. The molecule has 2 heteroatoms. The molecular formula is C8H15NO. The smallest absolute Gasteiger partial charge is 0.0570 e. The maximum Gasteiger partial charge on any atom is 0.0570 e. The van der Waals surface area contributed by atoms with Crippen LogP contribution in [0.25, 0.3) is 0 Å². The van der Waals surface area contributed by atoms with Crippen LogP contribution >= 0.6 is 0 Å². The van der Waals surface area contributed by atoms with Gasteiger partial charge in [-0.1, -0.05) is 24.4 Å². The Kier molecular flexibility index (Phi) is 2.72. The largest absolute Gasteiger partial charge is 0.411 e. The molecule has 0 radical (unpaired) electrons. The molecule has 0 atom stereocenters. The van der Waals surface area contributed by atoms with Crippen molar-refractivity contribution in [2.45, 2.75) is 39.0 Å². The summed E-state index contributed by atoms with van der Waals surface area (Å²) in [6.45, 7) is 1.91. The topological polar surface area (TPSA) is 32.6 Å². The molecule has 0 aromatic heterocycles.